The summed E-state index contributed by atoms with van der Waals surface area (Å²) in [5, 5.41) is 0. The quantitative estimate of drug-likeness (QED) is 0.602. The lowest BCUT2D eigenvalue weighted by Crippen LogP contribution is -2.09. The van der Waals surface area contributed by atoms with Gasteiger partial charge in [-0.05, 0) is 0 Å². The Hall–Kier alpha value is -2.56. The highest BCUT2D eigenvalue weighted by molar-refractivity contribution is 6.06. The maximum atomic E-state index is 12.0. The Morgan fingerprint density at radius 2 is 1.61 bits per heavy atom. The van der Waals surface area contributed by atoms with Gasteiger partial charge >= 0.3 is 5.97 Å². The van der Waals surface area contributed by atoms with Crippen molar-refractivity contribution in [2.45, 2.75) is 0 Å². The van der Waals surface area contributed by atoms with Gasteiger partial charge in [-0.1, -0.05) is 30.3 Å². The molecule has 0 unspecified atom stereocenters. The number of methoxy groups -OCH3 is 1. The van der Waals surface area contributed by atoms with E-state index >= 15 is 0 Å². The molecular weight excluding hydrogens is 232 g/mol. The number of carbonyl (C=O) groups is 2. The fourth-order valence-corrected chi connectivity index (χ4v) is 1.39. The minimum Gasteiger partial charge on any atom is -0.465 e. The van der Waals surface area contributed by atoms with E-state index in [9.17, 15) is 9.59 Å². The van der Waals surface area contributed by atoms with Crippen LogP contribution in [0.15, 0.2) is 42.7 Å². The summed E-state index contributed by atoms with van der Waals surface area (Å²) >= 11 is 0. The summed E-state index contributed by atoms with van der Waals surface area (Å²) in [6.07, 6.45) is 2.55. The minimum absolute atomic E-state index is 0.0499. The van der Waals surface area contributed by atoms with E-state index in [1.54, 1.807) is 24.3 Å². The molecular formula is C13H10N2O3. The molecule has 1 aromatic heterocycles. The van der Waals surface area contributed by atoms with Crippen molar-refractivity contribution in [3.8, 4) is 0 Å². The van der Waals surface area contributed by atoms with Crippen molar-refractivity contribution in [1.82, 2.24) is 9.97 Å². The maximum absolute atomic E-state index is 12.0. The zero-order chi connectivity index (χ0) is 13.0. The first kappa shape index (κ1) is 11.9. The van der Waals surface area contributed by atoms with Crippen LogP contribution in [0.25, 0.3) is 0 Å². The highest BCUT2D eigenvalue weighted by Crippen LogP contribution is 2.06. The molecule has 90 valence electrons. The Morgan fingerprint density at radius 1 is 1.00 bits per heavy atom. The van der Waals surface area contributed by atoms with Crippen molar-refractivity contribution in [3.05, 3.63) is 59.7 Å². The van der Waals surface area contributed by atoms with Gasteiger partial charge in [0.15, 0.2) is 0 Å². The summed E-state index contributed by atoms with van der Waals surface area (Å²) in [5.74, 6) is -0.769. The van der Waals surface area contributed by atoms with Crippen LogP contribution in [0.5, 0.6) is 0 Å². The van der Waals surface area contributed by atoms with Crippen molar-refractivity contribution in [3.63, 3.8) is 0 Å². The van der Waals surface area contributed by atoms with Crippen LogP contribution in [0.2, 0.25) is 0 Å². The second kappa shape index (κ2) is 5.18. The molecule has 2 aromatic rings. The van der Waals surface area contributed by atoms with Crippen molar-refractivity contribution >= 4 is 11.8 Å². The summed E-state index contributed by atoms with van der Waals surface area (Å²) in [7, 11) is 1.27. The van der Waals surface area contributed by atoms with E-state index in [4.69, 9.17) is 0 Å². The second-order valence-corrected chi connectivity index (χ2v) is 3.48. The molecule has 2 rings (SSSR count). The molecule has 1 heterocycles. The average Bonchev–Trinajstić information content (AvgIpc) is 2.47. The van der Waals surface area contributed by atoms with Crippen LogP contribution in [-0.2, 0) is 4.74 Å². The molecule has 0 radical (unpaired) electrons. The third-order valence-corrected chi connectivity index (χ3v) is 2.31. The van der Waals surface area contributed by atoms with Crippen LogP contribution < -0.4 is 0 Å². The molecule has 5 heteroatoms. The Kier molecular flexibility index (Phi) is 3.43. The summed E-state index contributed by atoms with van der Waals surface area (Å²) < 4.78 is 4.52. The van der Waals surface area contributed by atoms with E-state index in [1.807, 2.05) is 6.07 Å². The number of benzene rings is 1. The van der Waals surface area contributed by atoms with Gasteiger partial charge < -0.3 is 4.74 Å². The average molecular weight is 242 g/mol. The third kappa shape index (κ3) is 2.40. The normalized spacial score (nSPS) is 9.83. The molecule has 0 saturated heterocycles. The number of carbonyl (C=O) groups excluding carboxylic acids is 2. The van der Waals surface area contributed by atoms with Crippen molar-refractivity contribution in [1.29, 1.82) is 0 Å². The van der Waals surface area contributed by atoms with Crippen LogP contribution in [0.4, 0.5) is 0 Å². The van der Waals surface area contributed by atoms with Crippen LogP contribution >= 0.6 is 0 Å². The van der Waals surface area contributed by atoms with Gasteiger partial charge in [0, 0.05) is 18.0 Å². The van der Waals surface area contributed by atoms with E-state index in [-0.39, 0.29) is 17.2 Å². The lowest BCUT2D eigenvalue weighted by Gasteiger charge is -2.01. The first-order valence-electron chi connectivity index (χ1n) is 5.22. The number of rotatable bonds is 3. The van der Waals surface area contributed by atoms with Gasteiger partial charge in [0.25, 0.3) is 0 Å². The number of aromatic nitrogens is 2. The number of ketones is 1. The summed E-state index contributed by atoms with van der Waals surface area (Å²) in [4.78, 5) is 30.9. The standard InChI is InChI=1S/C13H10N2O3/c1-18-13(17)10-7-14-12(15-8-10)11(16)9-5-3-2-4-6-9/h2-8H,1H3. The Balaban J connectivity index is 2.25. The molecule has 5 nitrogen and oxygen atoms in total. The van der Waals surface area contributed by atoms with Gasteiger partial charge in [-0.2, -0.15) is 0 Å². The van der Waals surface area contributed by atoms with Gasteiger partial charge in [-0.15, -0.1) is 0 Å². The molecule has 0 aliphatic heterocycles. The van der Waals surface area contributed by atoms with Crippen molar-refractivity contribution in [2.75, 3.05) is 7.11 Å². The highest BCUT2D eigenvalue weighted by Gasteiger charge is 2.13. The number of hydrogen-bond acceptors (Lipinski definition) is 5. The molecule has 1 aromatic carbocycles. The SMILES string of the molecule is COC(=O)c1cnc(C(=O)c2ccccc2)nc1. The minimum atomic E-state index is -0.534. The number of hydrogen-bond donors (Lipinski definition) is 0. The molecule has 0 atom stereocenters. The molecule has 0 N–H and O–H groups in total. The van der Waals surface area contributed by atoms with Crippen LogP contribution in [0.1, 0.15) is 26.5 Å². The largest absolute Gasteiger partial charge is 0.465 e. The lowest BCUT2D eigenvalue weighted by molar-refractivity contribution is 0.0599. The van der Waals surface area contributed by atoms with Crippen LogP contribution in [0.3, 0.4) is 0 Å². The molecule has 18 heavy (non-hydrogen) atoms. The van der Waals surface area contributed by atoms with E-state index in [2.05, 4.69) is 14.7 Å². The molecule has 0 aliphatic carbocycles. The van der Waals surface area contributed by atoms with Crippen molar-refractivity contribution in [2.24, 2.45) is 0 Å². The summed E-state index contributed by atoms with van der Waals surface area (Å²) in [6.45, 7) is 0. The van der Waals surface area contributed by atoms with E-state index in [0.717, 1.165) is 0 Å². The zero-order valence-corrected chi connectivity index (χ0v) is 9.66. The van der Waals surface area contributed by atoms with E-state index < -0.39 is 5.97 Å². The molecule has 0 amide bonds. The molecule has 0 bridgehead atoms. The molecule has 0 saturated carbocycles. The monoisotopic (exact) mass is 242 g/mol. The van der Waals surface area contributed by atoms with Crippen LogP contribution in [-0.4, -0.2) is 28.8 Å². The fourth-order valence-electron chi connectivity index (χ4n) is 1.39. The highest BCUT2D eigenvalue weighted by atomic mass is 16.5. The molecule has 0 aliphatic rings. The Morgan fingerprint density at radius 3 is 2.17 bits per heavy atom. The summed E-state index contributed by atoms with van der Waals surface area (Å²) in [6, 6.07) is 8.70. The van der Waals surface area contributed by atoms with E-state index in [1.165, 1.54) is 19.5 Å². The molecule has 0 spiro atoms. The van der Waals surface area contributed by atoms with Gasteiger partial charge in [0.1, 0.15) is 0 Å². The van der Waals surface area contributed by atoms with Gasteiger partial charge in [-0.25, -0.2) is 14.8 Å². The maximum Gasteiger partial charge on any atom is 0.341 e. The number of esters is 1. The van der Waals surface area contributed by atoms with Crippen LogP contribution in [0, 0.1) is 0 Å². The van der Waals surface area contributed by atoms with Crippen molar-refractivity contribution < 1.29 is 14.3 Å². The number of ether oxygens (including phenoxy) is 1. The Bertz CT molecular complexity index is 565. The smallest absolute Gasteiger partial charge is 0.341 e. The summed E-state index contributed by atoms with van der Waals surface area (Å²) in [5.41, 5.74) is 0.713. The predicted octanol–water partition coefficient (Wildman–Crippen LogP) is 1.49. The van der Waals surface area contributed by atoms with Gasteiger partial charge in [0.05, 0.1) is 12.7 Å². The second-order valence-electron chi connectivity index (χ2n) is 3.48. The number of nitrogens with zero attached hydrogens (tertiary/aromatic N) is 2. The van der Waals surface area contributed by atoms with Gasteiger partial charge in [-0.3, -0.25) is 4.79 Å². The van der Waals surface area contributed by atoms with E-state index in [0.29, 0.717) is 5.56 Å². The van der Waals surface area contributed by atoms with Gasteiger partial charge in [0.2, 0.25) is 11.6 Å². The Labute approximate surface area is 103 Å². The lowest BCUT2D eigenvalue weighted by atomic mass is 10.1. The fraction of sp³-hybridized carbons (Fsp3) is 0.0769. The predicted molar refractivity (Wildman–Crippen MR) is 63.2 cm³/mol. The third-order valence-electron chi connectivity index (χ3n) is 2.31. The zero-order valence-electron chi connectivity index (χ0n) is 9.66. The topological polar surface area (TPSA) is 69.2 Å². The molecule has 0 fully saturated rings. The first-order chi connectivity index (χ1) is 8.72. The first-order valence-corrected chi connectivity index (χ1v) is 5.22.